The lowest BCUT2D eigenvalue weighted by Crippen LogP contribution is -2.46. The third-order valence-electron chi connectivity index (χ3n) is 5.96. The molecule has 0 bridgehead atoms. The number of carbonyl (C=O) groups is 1. The summed E-state index contributed by atoms with van der Waals surface area (Å²) in [5, 5.41) is 4.00. The first-order valence-corrected chi connectivity index (χ1v) is 11.6. The zero-order valence-electron chi connectivity index (χ0n) is 19.0. The molecule has 3 heterocycles. The van der Waals surface area contributed by atoms with E-state index >= 15 is 0 Å². The number of anilines is 1. The molecule has 2 aromatic heterocycles. The Morgan fingerprint density at radius 2 is 1.94 bits per heavy atom. The summed E-state index contributed by atoms with van der Waals surface area (Å²) in [5.74, 6) is 2.22. The third kappa shape index (κ3) is 4.35. The molecule has 0 atom stereocenters. The Morgan fingerprint density at radius 3 is 2.62 bits per heavy atom. The van der Waals surface area contributed by atoms with Gasteiger partial charge in [0.15, 0.2) is 0 Å². The predicted octanol–water partition coefficient (Wildman–Crippen LogP) is 3.09. The van der Waals surface area contributed by atoms with Crippen molar-refractivity contribution >= 4 is 33.3 Å². The first-order chi connectivity index (χ1) is 15.5. The van der Waals surface area contributed by atoms with E-state index in [1.807, 2.05) is 25.1 Å². The number of fused-ring (bicyclic) bond motifs is 1. The molecule has 3 aromatic rings. The smallest absolute Gasteiger partial charge is 0.261 e. The van der Waals surface area contributed by atoms with Gasteiger partial charge in [0.05, 0.1) is 24.5 Å². The van der Waals surface area contributed by atoms with Gasteiger partial charge in [-0.3, -0.25) is 4.79 Å². The molecule has 32 heavy (non-hydrogen) atoms. The number of benzene rings is 1. The highest BCUT2D eigenvalue weighted by molar-refractivity contribution is 7.20. The molecule has 1 aliphatic heterocycles. The van der Waals surface area contributed by atoms with Crippen LogP contribution >= 0.6 is 11.3 Å². The van der Waals surface area contributed by atoms with Gasteiger partial charge in [-0.05, 0) is 37.2 Å². The Balaban J connectivity index is 1.56. The van der Waals surface area contributed by atoms with E-state index in [-0.39, 0.29) is 5.91 Å². The molecule has 1 fully saturated rings. The van der Waals surface area contributed by atoms with Crippen molar-refractivity contribution in [3.8, 4) is 11.5 Å². The summed E-state index contributed by atoms with van der Waals surface area (Å²) in [6, 6.07) is 5.54. The molecular weight excluding hydrogens is 426 g/mol. The number of ether oxygens (including phenoxy) is 2. The molecule has 8 nitrogen and oxygen atoms in total. The molecule has 0 radical (unpaired) electrons. The number of likely N-dealkylation sites (N-methyl/N-ethyl adjacent to an activating group) is 1. The minimum Gasteiger partial charge on any atom is -0.497 e. The zero-order valence-corrected chi connectivity index (χ0v) is 19.8. The van der Waals surface area contributed by atoms with Gasteiger partial charge < -0.3 is 24.6 Å². The fourth-order valence-electron chi connectivity index (χ4n) is 4.06. The van der Waals surface area contributed by atoms with Gasteiger partial charge in [0.1, 0.15) is 28.5 Å². The monoisotopic (exact) mass is 455 g/mol. The van der Waals surface area contributed by atoms with Gasteiger partial charge in [0.25, 0.3) is 5.91 Å². The molecular formula is C23H29N5O3S. The second kappa shape index (κ2) is 9.70. The van der Waals surface area contributed by atoms with Crippen LogP contribution in [0.15, 0.2) is 24.5 Å². The van der Waals surface area contributed by atoms with Gasteiger partial charge in [0.2, 0.25) is 0 Å². The molecule has 4 rings (SSSR count). The Morgan fingerprint density at radius 1 is 1.16 bits per heavy atom. The lowest BCUT2D eigenvalue weighted by atomic mass is 10.1. The van der Waals surface area contributed by atoms with Crippen LogP contribution in [0.25, 0.3) is 10.2 Å². The van der Waals surface area contributed by atoms with Crippen LogP contribution in [0, 0.1) is 6.92 Å². The van der Waals surface area contributed by atoms with Crippen LogP contribution in [0.5, 0.6) is 11.5 Å². The number of aromatic nitrogens is 2. The third-order valence-corrected chi connectivity index (χ3v) is 7.16. The number of piperazine rings is 1. The van der Waals surface area contributed by atoms with E-state index in [0.29, 0.717) is 17.2 Å². The molecule has 0 unspecified atom stereocenters. The van der Waals surface area contributed by atoms with Crippen molar-refractivity contribution in [3.63, 3.8) is 0 Å². The van der Waals surface area contributed by atoms with Crippen molar-refractivity contribution in [3.05, 3.63) is 40.5 Å². The Bertz CT molecular complexity index is 1110. The first kappa shape index (κ1) is 22.3. The number of methoxy groups -OCH3 is 2. The number of nitrogens with one attached hydrogen (secondary N) is 1. The number of rotatable bonds is 7. The van der Waals surface area contributed by atoms with Crippen molar-refractivity contribution < 1.29 is 14.3 Å². The summed E-state index contributed by atoms with van der Waals surface area (Å²) in [4.78, 5) is 28.4. The topological polar surface area (TPSA) is 79.8 Å². The van der Waals surface area contributed by atoms with Gasteiger partial charge in [-0.2, -0.15) is 0 Å². The quantitative estimate of drug-likeness (QED) is 0.586. The molecule has 1 saturated heterocycles. The molecule has 0 aliphatic carbocycles. The first-order valence-electron chi connectivity index (χ1n) is 10.8. The van der Waals surface area contributed by atoms with Crippen LogP contribution in [-0.4, -0.2) is 67.7 Å². The van der Waals surface area contributed by atoms with E-state index in [4.69, 9.17) is 9.47 Å². The van der Waals surface area contributed by atoms with E-state index in [1.165, 1.54) is 11.3 Å². The number of thiophene rings is 1. The van der Waals surface area contributed by atoms with Crippen molar-refractivity contribution in [1.29, 1.82) is 0 Å². The molecule has 9 heteroatoms. The Hall–Kier alpha value is -2.91. The maximum atomic E-state index is 13.1. The summed E-state index contributed by atoms with van der Waals surface area (Å²) in [6.45, 7) is 9.44. The molecule has 1 aromatic carbocycles. The number of hydrogen-bond donors (Lipinski definition) is 1. The van der Waals surface area contributed by atoms with Crippen LogP contribution in [0.2, 0.25) is 0 Å². The van der Waals surface area contributed by atoms with E-state index in [9.17, 15) is 4.79 Å². The molecule has 1 aliphatic rings. The fourth-order valence-corrected chi connectivity index (χ4v) is 5.12. The second-order valence-corrected chi connectivity index (χ2v) is 8.71. The summed E-state index contributed by atoms with van der Waals surface area (Å²) >= 11 is 1.41. The molecule has 1 amide bonds. The normalized spacial score (nSPS) is 14.6. The van der Waals surface area contributed by atoms with Gasteiger partial charge in [0, 0.05) is 38.3 Å². The Labute approximate surface area is 192 Å². The maximum Gasteiger partial charge on any atom is 0.261 e. The Kier molecular flexibility index (Phi) is 6.76. The van der Waals surface area contributed by atoms with Gasteiger partial charge in [-0.1, -0.05) is 6.92 Å². The van der Waals surface area contributed by atoms with Crippen molar-refractivity contribution in [2.24, 2.45) is 0 Å². The number of aryl methyl sites for hydroxylation is 1. The minimum absolute atomic E-state index is 0.128. The number of carbonyl (C=O) groups excluding carboxylic acids is 1. The highest BCUT2D eigenvalue weighted by Crippen LogP contribution is 2.35. The average molecular weight is 456 g/mol. The number of hydrogen-bond acceptors (Lipinski definition) is 8. The highest BCUT2D eigenvalue weighted by Gasteiger charge is 2.24. The largest absolute Gasteiger partial charge is 0.497 e. The number of amides is 1. The van der Waals surface area contributed by atoms with Crippen molar-refractivity contribution in [2.75, 3.05) is 51.8 Å². The predicted molar refractivity (Wildman–Crippen MR) is 127 cm³/mol. The molecule has 1 N–H and O–H groups in total. The van der Waals surface area contributed by atoms with E-state index in [1.54, 1.807) is 20.5 Å². The fraction of sp³-hybridized carbons (Fsp3) is 0.435. The zero-order chi connectivity index (χ0) is 22.7. The van der Waals surface area contributed by atoms with Crippen molar-refractivity contribution in [2.45, 2.75) is 20.4 Å². The summed E-state index contributed by atoms with van der Waals surface area (Å²) < 4.78 is 10.7. The van der Waals surface area contributed by atoms with Crippen LogP contribution in [0.4, 0.5) is 5.82 Å². The van der Waals surface area contributed by atoms with Crippen LogP contribution in [-0.2, 0) is 6.54 Å². The highest BCUT2D eigenvalue weighted by atomic mass is 32.1. The summed E-state index contributed by atoms with van der Waals surface area (Å²) in [7, 11) is 3.23. The average Bonchev–Trinajstić information content (AvgIpc) is 3.19. The van der Waals surface area contributed by atoms with E-state index in [2.05, 4.69) is 32.0 Å². The molecule has 170 valence electrons. The molecule has 0 saturated carbocycles. The lowest BCUT2D eigenvalue weighted by Gasteiger charge is -2.35. The van der Waals surface area contributed by atoms with E-state index < -0.39 is 0 Å². The summed E-state index contributed by atoms with van der Waals surface area (Å²) in [6.07, 6.45) is 1.60. The second-order valence-electron chi connectivity index (χ2n) is 7.72. The molecule has 0 spiro atoms. The summed E-state index contributed by atoms with van der Waals surface area (Å²) in [5.41, 5.74) is 1.78. The van der Waals surface area contributed by atoms with E-state index in [0.717, 1.165) is 65.6 Å². The van der Waals surface area contributed by atoms with Crippen molar-refractivity contribution in [1.82, 2.24) is 20.2 Å². The minimum atomic E-state index is -0.128. The lowest BCUT2D eigenvalue weighted by molar-refractivity contribution is 0.0954. The maximum absolute atomic E-state index is 13.1. The van der Waals surface area contributed by atoms with Gasteiger partial charge in [-0.15, -0.1) is 11.3 Å². The standard InChI is InChI=1S/C23H29N5O3S/c1-5-27-8-10-28(11-9-27)21-19-15(2)20(32-23(19)26-14-25-21)22(29)24-13-16-12-17(30-3)6-7-18(16)31-4/h6-7,12,14H,5,8-11,13H2,1-4H3,(H,24,29). The van der Waals surface area contributed by atoms with Crippen LogP contribution in [0.3, 0.4) is 0 Å². The van der Waals surface area contributed by atoms with Gasteiger partial charge in [-0.25, -0.2) is 9.97 Å². The van der Waals surface area contributed by atoms with Crippen LogP contribution < -0.4 is 19.7 Å². The number of nitrogens with zero attached hydrogens (tertiary/aromatic N) is 4. The van der Waals surface area contributed by atoms with Gasteiger partial charge >= 0.3 is 0 Å². The van der Waals surface area contributed by atoms with Crippen LogP contribution in [0.1, 0.15) is 27.7 Å². The SMILES string of the molecule is CCN1CCN(c2ncnc3sc(C(=O)NCc4cc(OC)ccc4OC)c(C)c23)CC1.